The van der Waals surface area contributed by atoms with Gasteiger partial charge in [-0.15, -0.1) is 0 Å². The highest BCUT2D eigenvalue weighted by molar-refractivity contribution is 5.26. The third-order valence-electron chi connectivity index (χ3n) is 4.29. The summed E-state index contributed by atoms with van der Waals surface area (Å²) in [5.41, 5.74) is 2.61. The van der Waals surface area contributed by atoms with E-state index in [1.165, 1.54) is 36.8 Å². The molecule has 1 nitrogen and oxygen atoms in total. The van der Waals surface area contributed by atoms with Crippen LogP contribution in [0.25, 0.3) is 0 Å². The van der Waals surface area contributed by atoms with E-state index in [-0.39, 0.29) is 6.10 Å². The van der Waals surface area contributed by atoms with Crippen molar-refractivity contribution in [3.05, 3.63) is 35.4 Å². The highest BCUT2D eigenvalue weighted by atomic mass is 16.3. The van der Waals surface area contributed by atoms with E-state index in [0.717, 1.165) is 12.3 Å². The maximum atomic E-state index is 10.3. The van der Waals surface area contributed by atoms with Gasteiger partial charge in [-0.05, 0) is 49.1 Å². The Hall–Kier alpha value is -0.820. The summed E-state index contributed by atoms with van der Waals surface area (Å²) in [6, 6.07) is 8.40. The lowest BCUT2D eigenvalue weighted by atomic mass is 9.78. The molecule has 0 spiro atoms. The van der Waals surface area contributed by atoms with Crippen molar-refractivity contribution >= 4 is 0 Å². The largest absolute Gasteiger partial charge is 0.392 e. The average molecular weight is 232 g/mol. The fraction of sp³-hybridized carbons (Fsp3) is 0.625. The Balaban J connectivity index is 1.93. The maximum absolute atomic E-state index is 10.3. The Labute approximate surface area is 105 Å². The van der Waals surface area contributed by atoms with Gasteiger partial charge in [-0.2, -0.15) is 0 Å². The van der Waals surface area contributed by atoms with E-state index < -0.39 is 0 Å². The Morgan fingerprint density at radius 1 is 1.18 bits per heavy atom. The molecule has 1 unspecified atom stereocenters. The molecule has 0 radical (unpaired) electrons. The number of rotatable bonds is 3. The molecule has 17 heavy (non-hydrogen) atoms. The number of hydrogen-bond donors (Lipinski definition) is 1. The second-order valence-corrected chi connectivity index (χ2v) is 5.72. The number of aryl methyl sites for hydroxylation is 1. The van der Waals surface area contributed by atoms with Crippen LogP contribution in [0.5, 0.6) is 0 Å². The Kier molecular flexibility index (Phi) is 4.22. The molecule has 0 aromatic heterocycles. The van der Waals surface area contributed by atoms with Gasteiger partial charge in [-0.1, -0.05) is 44.0 Å². The first-order chi connectivity index (χ1) is 8.16. The predicted octanol–water partition coefficient (Wildman–Crippen LogP) is 3.72. The summed E-state index contributed by atoms with van der Waals surface area (Å²) in [5, 5.41) is 10.3. The molecule has 0 aliphatic heterocycles. The molecule has 2 rings (SSSR count). The van der Waals surface area contributed by atoms with Crippen LogP contribution in [-0.4, -0.2) is 11.2 Å². The molecule has 0 bridgehead atoms. The van der Waals surface area contributed by atoms with Gasteiger partial charge in [0.25, 0.3) is 0 Å². The molecular formula is C16H24O. The van der Waals surface area contributed by atoms with Crippen LogP contribution in [0.15, 0.2) is 24.3 Å². The van der Waals surface area contributed by atoms with Crippen molar-refractivity contribution < 1.29 is 5.11 Å². The summed E-state index contributed by atoms with van der Waals surface area (Å²) >= 11 is 0. The summed E-state index contributed by atoms with van der Waals surface area (Å²) in [7, 11) is 0. The second kappa shape index (κ2) is 5.68. The van der Waals surface area contributed by atoms with Gasteiger partial charge in [0.2, 0.25) is 0 Å². The van der Waals surface area contributed by atoms with Gasteiger partial charge < -0.3 is 5.11 Å². The van der Waals surface area contributed by atoms with Crippen molar-refractivity contribution in [2.24, 2.45) is 11.8 Å². The minimum atomic E-state index is -0.149. The van der Waals surface area contributed by atoms with E-state index in [1.54, 1.807) is 0 Å². The molecule has 0 heterocycles. The van der Waals surface area contributed by atoms with Crippen molar-refractivity contribution in [3.8, 4) is 0 Å². The molecule has 94 valence electrons. The average Bonchev–Trinajstić information content (AvgIpc) is 2.33. The van der Waals surface area contributed by atoms with Gasteiger partial charge in [-0.25, -0.2) is 0 Å². The van der Waals surface area contributed by atoms with Crippen LogP contribution < -0.4 is 0 Å². The van der Waals surface area contributed by atoms with Crippen molar-refractivity contribution in [2.45, 2.75) is 52.1 Å². The highest BCUT2D eigenvalue weighted by Crippen LogP contribution is 2.31. The van der Waals surface area contributed by atoms with E-state index >= 15 is 0 Å². The van der Waals surface area contributed by atoms with Crippen LogP contribution in [0, 0.1) is 18.8 Å². The maximum Gasteiger partial charge on any atom is 0.0608 e. The summed E-state index contributed by atoms with van der Waals surface area (Å²) in [4.78, 5) is 0. The van der Waals surface area contributed by atoms with Crippen molar-refractivity contribution in [1.29, 1.82) is 0 Å². The van der Waals surface area contributed by atoms with Crippen LogP contribution >= 0.6 is 0 Å². The summed E-state index contributed by atoms with van der Waals surface area (Å²) in [6.45, 7) is 4.45. The third kappa shape index (κ3) is 3.32. The molecule has 1 aromatic carbocycles. The van der Waals surface area contributed by atoms with Crippen molar-refractivity contribution in [3.63, 3.8) is 0 Å². The first-order valence-electron chi connectivity index (χ1n) is 6.89. The number of aliphatic hydroxyl groups excluding tert-OH is 1. The van der Waals surface area contributed by atoms with Gasteiger partial charge in [0, 0.05) is 0 Å². The molecule has 1 atom stereocenters. The second-order valence-electron chi connectivity index (χ2n) is 5.72. The highest BCUT2D eigenvalue weighted by Gasteiger charge is 2.24. The van der Waals surface area contributed by atoms with Crippen LogP contribution in [0.1, 0.15) is 43.7 Å². The van der Waals surface area contributed by atoms with E-state index in [0.29, 0.717) is 5.92 Å². The molecule has 1 saturated carbocycles. The molecule has 1 heteroatoms. The quantitative estimate of drug-likeness (QED) is 0.842. The monoisotopic (exact) mass is 232 g/mol. The van der Waals surface area contributed by atoms with Crippen LogP contribution in [0.2, 0.25) is 0 Å². The standard InChI is InChI=1S/C16H24O/c1-12-7-9-14(10-8-12)16(17)11-15-6-4-3-5-13(15)2/h3-6,12,14,16-17H,7-11H2,1-2H3. The van der Waals surface area contributed by atoms with Gasteiger partial charge in [0.15, 0.2) is 0 Å². The molecule has 0 saturated heterocycles. The number of aliphatic hydroxyl groups is 1. The molecule has 1 aliphatic rings. The lowest BCUT2D eigenvalue weighted by Crippen LogP contribution is -2.27. The fourth-order valence-corrected chi connectivity index (χ4v) is 2.90. The normalized spacial score (nSPS) is 26.8. The van der Waals surface area contributed by atoms with Gasteiger partial charge in [0.1, 0.15) is 0 Å². The molecule has 1 fully saturated rings. The zero-order valence-corrected chi connectivity index (χ0v) is 11.0. The van der Waals surface area contributed by atoms with E-state index in [9.17, 15) is 5.11 Å². The first-order valence-corrected chi connectivity index (χ1v) is 6.89. The Bertz CT molecular complexity index is 350. The smallest absolute Gasteiger partial charge is 0.0608 e. The molecule has 1 aliphatic carbocycles. The third-order valence-corrected chi connectivity index (χ3v) is 4.29. The fourth-order valence-electron chi connectivity index (χ4n) is 2.90. The molecule has 1 aromatic rings. The van der Waals surface area contributed by atoms with Crippen molar-refractivity contribution in [1.82, 2.24) is 0 Å². The van der Waals surface area contributed by atoms with Gasteiger partial charge >= 0.3 is 0 Å². The minimum Gasteiger partial charge on any atom is -0.392 e. The predicted molar refractivity (Wildman–Crippen MR) is 72.0 cm³/mol. The summed E-state index contributed by atoms with van der Waals surface area (Å²) in [5.74, 6) is 1.38. The Morgan fingerprint density at radius 3 is 2.47 bits per heavy atom. The lowest BCUT2D eigenvalue weighted by Gasteiger charge is -2.30. The summed E-state index contributed by atoms with van der Waals surface area (Å²) < 4.78 is 0. The first kappa shape index (κ1) is 12.6. The van der Waals surface area contributed by atoms with Crippen molar-refractivity contribution in [2.75, 3.05) is 0 Å². The van der Waals surface area contributed by atoms with E-state index in [2.05, 4.69) is 38.1 Å². The Morgan fingerprint density at radius 2 is 1.82 bits per heavy atom. The van der Waals surface area contributed by atoms with E-state index in [1.807, 2.05) is 0 Å². The van der Waals surface area contributed by atoms with E-state index in [4.69, 9.17) is 0 Å². The van der Waals surface area contributed by atoms with Crippen LogP contribution in [0.4, 0.5) is 0 Å². The summed E-state index contributed by atoms with van der Waals surface area (Å²) in [6.07, 6.45) is 5.66. The molecule has 1 N–H and O–H groups in total. The lowest BCUT2D eigenvalue weighted by molar-refractivity contribution is 0.0759. The molecular weight excluding hydrogens is 208 g/mol. The molecule has 0 amide bonds. The SMILES string of the molecule is Cc1ccccc1CC(O)C1CCC(C)CC1. The zero-order valence-electron chi connectivity index (χ0n) is 11.0. The number of hydrogen-bond acceptors (Lipinski definition) is 1. The van der Waals surface area contributed by atoms with Crippen LogP contribution in [-0.2, 0) is 6.42 Å². The topological polar surface area (TPSA) is 20.2 Å². The van der Waals surface area contributed by atoms with Crippen LogP contribution in [0.3, 0.4) is 0 Å². The number of benzene rings is 1. The van der Waals surface area contributed by atoms with Gasteiger partial charge in [0.05, 0.1) is 6.10 Å². The minimum absolute atomic E-state index is 0.149. The van der Waals surface area contributed by atoms with Gasteiger partial charge in [-0.3, -0.25) is 0 Å². The zero-order chi connectivity index (χ0) is 12.3.